The van der Waals surface area contributed by atoms with Crippen molar-refractivity contribution < 1.29 is 14.3 Å². The highest BCUT2D eigenvalue weighted by molar-refractivity contribution is 6.02. The molecule has 2 aromatic heterocycles. The molecule has 0 bridgehead atoms. The Morgan fingerprint density at radius 2 is 2.03 bits per heavy atom. The van der Waals surface area contributed by atoms with Gasteiger partial charge in [-0.2, -0.15) is 5.10 Å². The molecule has 0 radical (unpaired) electrons. The van der Waals surface area contributed by atoms with Crippen molar-refractivity contribution in [2.24, 2.45) is 13.0 Å². The first-order valence-corrected chi connectivity index (χ1v) is 10.6. The number of rotatable bonds is 8. The molecule has 1 aliphatic rings. The summed E-state index contributed by atoms with van der Waals surface area (Å²) in [5.74, 6) is 1.42. The lowest BCUT2D eigenvalue weighted by molar-refractivity contribution is -0.122. The molecule has 2 heterocycles. The lowest BCUT2D eigenvalue weighted by Gasteiger charge is -2.24. The van der Waals surface area contributed by atoms with Gasteiger partial charge in [0.25, 0.3) is 0 Å². The normalized spacial score (nSPS) is 13.3. The van der Waals surface area contributed by atoms with Gasteiger partial charge < -0.3 is 15.4 Å². The van der Waals surface area contributed by atoms with Gasteiger partial charge in [-0.3, -0.25) is 14.3 Å². The van der Waals surface area contributed by atoms with Gasteiger partial charge in [-0.25, -0.2) is 9.97 Å². The van der Waals surface area contributed by atoms with Gasteiger partial charge in [0.15, 0.2) is 17.4 Å². The first kappa shape index (κ1) is 21.5. The predicted molar refractivity (Wildman–Crippen MR) is 121 cm³/mol. The molecule has 3 aromatic rings. The average molecular weight is 435 g/mol. The molecular weight excluding hydrogens is 408 g/mol. The topological polar surface area (TPSA) is 111 Å². The average Bonchev–Trinajstić information content (AvgIpc) is 3.18. The molecule has 166 valence electrons. The van der Waals surface area contributed by atoms with Crippen LogP contribution in [0.25, 0.3) is 11.4 Å². The number of carbonyl (C=O) groups excluding carboxylic acids is 2. The number of para-hydroxylation sites is 1. The second-order valence-electron chi connectivity index (χ2n) is 7.76. The molecule has 32 heavy (non-hydrogen) atoms. The van der Waals surface area contributed by atoms with Crippen molar-refractivity contribution >= 4 is 28.9 Å². The number of nitrogens with one attached hydrogen (secondary N) is 2. The maximum atomic E-state index is 12.5. The van der Waals surface area contributed by atoms with Gasteiger partial charge in [0, 0.05) is 31.6 Å². The molecule has 1 aromatic carbocycles. The summed E-state index contributed by atoms with van der Waals surface area (Å²) in [6.07, 6.45) is 6.32. The summed E-state index contributed by atoms with van der Waals surface area (Å²) in [5, 5.41) is 10.5. The van der Waals surface area contributed by atoms with Crippen LogP contribution in [0.4, 0.5) is 17.2 Å². The number of ether oxygens (including phenoxy) is 1. The van der Waals surface area contributed by atoms with Gasteiger partial charge in [0.1, 0.15) is 12.1 Å². The zero-order chi connectivity index (χ0) is 22.7. The van der Waals surface area contributed by atoms with E-state index in [-0.39, 0.29) is 17.6 Å². The van der Waals surface area contributed by atoms with Gasteiger partial charge in [-0.1, -0.05) is 19.4 Å². The van der Waals surface area contributed by atoms with Crippen LogP contribution in [0, 0.1) is 5.92 Å². The molecule has 0 saturated heterocycles. The number of hydrogen-bond donors (Lipinski definition) is 2. The highest BCUT2D eigenvalue weighted by Gasteiger charge is 2.26. The Morgan fingerprint density at radius 1 is 1.22 bits per heavy atom. The summed E-state index contributed by atoms with van der Waals surface area (Å²) in [4.78, 5) is 33.5. The van der Waals surface area contributed by atoms with Crippen molar-refractivity contribution in [2.75, 3.05) is 17.7 Å². The smallest absolute Gasteiger partial charge is 0.228 e. The van der Waals surface area contributed by atoms with E-state index in [2.05, 4.69) is 25.7 Å². The number of ketones is 1. The molecule has 9 heteroatoms. The molecule has 1 aliphatic carbocycles. The third-order valence-corrected chi connectivity index (χ3v) is 5.58. The van der Waals surface area contributed by atoms with Crippen LogP contribution in [0.1, 0.15) is 43.0 Å². The Bertz CT molecular complexity index is 1150. The fourth-order valence-corrected chi connectivity index (χ4v) is 3.58. The molecule has 0 spiro atoms. The minimum absolute atomic E-state index is 0.0350. The second-order valence-corrected chi connectivity index (χ2v) is 7.76. The Labute approximate surface area is 186 Å². The van der Waals surface area contributed by atoms with E-state index in [4.69, 9.17) is 4.74 Å². The zero-order valence-corrected chi connectivity index (χ0v) is 18.4. The number of aromatic nitrogens is 4. The maximum Gasteiger partial charge on any atom is 0.228 e. The first-order valence-electron chi connectivity index (χ1n) is 10.6. The Balaban J connectivity index is 1.69. The quantitative estimate of drug-likeness (QED) is 0.516. The molecule has 1 amide bonds. The third kappa shape index (κ3) is 4.32. The van der Waals surface area contributed by atoms with E-state index >= 15 is 0 Å². The number of methoxy groups -OCH3 is 1. The summed E-state index contributed by atoms with van der Waals surface area (Å²) in [5.41, 5.74) is 2.34. The van der Waals surface area contributed by atoms with Crippen LogP contribution in [0.5, 0.6) is 5.75 Å². The SMILES string of the molecule is CCC(=O)c1cnc(NC(=O)C2CCC2)cc1Nc1cccc(-c2ncn(C)n2)c1OC. The number of pyridine rings is 1. The number of amides is 1. The van der Waals surface area contributed by atoms with E-state index < -0.39 is 0 Å². The van der Waals surface area contributed by atoms with Crippen molar-refractivity contribution in [3.8, 4) is 17.1 Å². The Hall–Kier alpha value is -3.75. The lowest BCUT2D eigenvalue weighted by Crippen LogP contribution is -2.28. The van der Waals surface area contributed by atoms with Crippen molar-refractivity contribution in [2.45, 2.75) is 32.6 Å². The number of benzene rings is 1. The van der Waals surface area contributed by atoms with Crippen molar-refractivity contribution in [1.29, 1.82) is 0 Å². The van der Waals surface area contributed by atoms with Crippen LogP contribution in [0.3, 0.4) is 0 Å². The van der Waals surface area contributed by atoms with Crippen LogP contribution < -0.4 is 15.4 Å². The van der Waals surface area contributed by atoms with Gasteiger partial charge in [0.2, 0.25) is 5.91 Å². The molecule has 4 rings (SSSR count). The van der Waals surface area contributed by atoms with Crippen molar-refractivity contribution in [3.63, 3.8) is 0 Å². The highest BCUT2D eigenvalue weighted by Crippen LogP contribution is 2.37. The predicted octanol–water partition coefficient (Wildman–Crippen LogP) is 3.96. The maximum absolute atomic E-state index is 12.5. The number of nitrogens with zero attached hydrogens (tertiary/aromatic N) is 4. The second kappa shape index (κ2) is 9.17. The molecule has 1 fully saturated rings. The highest BCUT2D eigenvalue weighted by atomic mass is 16.5. The molecule has 0 atom stereocenters. The zero-order valence-electron chi connectivity index (χ0n) is 18.4. The van der Waals surface area contributed by atoms with Crippen LogP contribution >= 0.6 is 0 Å². The largest absolute Gasteiger partial charge is 0.494 e. The molecule has 9 nitrogen and oxygen atoms in total. The van der Waals surface area contributed by atoms with Gasteiger partial charge >= 0.3 is 0 Å². The Morgan fingerprint density at radius 3 is 2.66 bits per heavy atom. The summed E-state index contributed by atoms with van der Waals surface area (Å²) >= 11 is 0. The van der Waals surface area contributed by atoms with Gasteiger partial charge in [0.05, 0.1) is 29.6 Å². The van der Waals surface area contributed by atoms with E-state index in [1.165, 1.54) is 6.20 Å². The van der Waals surface area contributed by atoms with Crippen molar-refractivity contribution in [1.82, 2.24) is 19.7 Å². The number of Topliss-reactive ketones (excluding diaryl/α,β-unsaturated/α-hetero) is 1. The standard InChI is InChI=1S/C23H26N6O3/c1-4-19(30)16-12-24-20(27-23(31)14-7-5-8-14)11-18(16)26-17-10-6-9-15(21(17)32-3)22-25-13-29(2)28-22/h6,9-14H,4-5,7-8H2,1-3H3,(H2,24,26,27,31). The van der Waals surface area contributed by atoms with Crippen LogP contribution in [0.15, 0.2) is 36.8 Å². The number of carbonyl (C=O) groups is 2. The number of anilines is 3. The van der Waals surface area contributed by atoms with E-state index in [1.54, 1.807) is 38.2 Å². The summed E-state index contributed by atoms with van der Waals surface area (Å²) in [7, 11) is 3.37. The first-order chi connectivity index (χ1) is 15.5. The fourth-order valence-electron chi connectivity index (χ4n) is 3.58. The molecule has 1 saturated carbocycles. The van der Waals surface area contributed by atoms with E-state index in [0.717, 1.165) is 19.3 Å². The van der Waals surface area contributed by atoms with Crippen molar-refractivity contribution in [3.05, 3.63) is 42.4 Å². The van der Waals surface area contributed by atoms with Crippen LogP contribution in [-0.2, 0) is 11.8 Å². The van der Waals surface area contributed by atoms with Gasteiger partial charge in [-0.05, 0) is 25.0 Å². The minimum atomic E-state index is -0.0571. The molecular formula is C23H26N6O3. The van der Waals surface area contributed by atoms with Crippen LogP contribution in [-0.4, -0.2) is 38.5 Å². The number of hydrogen-bond acceptors (Lipinski definition) is 7. The summed E-state index contributed by atoms with van der Waals surface area (Å²) in [6, 6.07) is 7.26. The summed E-state index contributed by atoms with van der Waals surface area (Å²) in [6.45, 7) is 1.80. The molecule has 0 aliphatic heterocycles. The van der Waals surface area contributed by atoms with Gasteiger partial charge in [-0.15, -0.1) is 0 Å². The monoisotopic (exact) mass is 434 g/mol. The summed E-state index contributed by atoms with van der Waals surface area (Å²) < 4.78 is 7.28. The number of aryl methyl sites for hydroxylation is 1. The van der Waals surface area contributed by atoms with Crippen LogP contribution in [0.2, 0.25) is 0 Å². The molecule has 0 unspecified atom stereocenters. The fraction of sp³-hybridized carbons (Fsp3) is 0.348. The third-order valence-electron chi connectivity index (χ3n) is 5.58. The van der Waals surface area contributed by atoms with E-state index in [0.29, 0.717) is 46.3 Å². The lowest BCUT2D eigenvalue weighted by atomic mass is 9.85. The Kier molecular flexibility index (Phi) is 6.16. The molecule has 2 N–H and O–H groups in total. The van der Waals surface area contributed by atoms with E-state index in [9.17, 15) is 9.59 Å². The van der Waals surface area contributed by atoms with E-state index in [1.807, 2.05) is 18.2 Å². The minimum Gasteiger partial charge on any atom is -0.494 e.